The number of ether oxygens (including phenoxy) is 4. The van der Waals surface area contributed by atoms with Crippen molar-refractivity contribution in [2.24, 2.45) is 0 Å². The molecule has 144 valence electrons. The quantitative estimate of drug-likeness (QED) is 0.622. The lowest BCUT2D eigenvalue weighted by molar-refractivity contribution is -0.121. The number of rotatable bonds is 10. The number of methoxy groups -OCH3 is 1. The van der Waals surface area contributed by atoms with Crippen LogP contribution >= 0.6 is 0 Å². The van der Waals surface area contributed by atoms with Crippen LogP contribution in [0.1, 0.15) is 12.0 Å². The molecule has 0 fully saturated rings. The molecule has 1 amide bonds. The van der Waals surface area contributed by atoms with Crippen molar-refractivity contribution in [1.82, 2.24) is 10.6 Å². The predicted octanol–water partition coefficient (Wildman–Crippen LogP) is 2.10. The van der Waals surface area contributed by atoms with E-state index in [1.165, 1.54) is 0 Å². The van der Waals surface area contributed by atoms with Gasteiger partial charge >= 0.3 is 0 Å². The van der Waals surface area contributed by atoms with Gasteiger partial charge in [0.25, 0.3) is 0 Å². The first-order valence-corrected chi connectivity index (χ1v) is 8.87. The summed E-state index contributed by atoms with van der Waals surface area (Å²) < 4.78 is 21.3. The van der Waals surface area contributed by atoms with Gasteiger partial charge in [-0.05, 0) is 42.0 Å². The molecule has 2 aromatic rings. The minimum absolute atomic E-state index is 0.00348. The zero-order valence-electron chi connectivity index (χ0n) is 15.3. The smallest absolute Gasteiger partial charge is 0.231 e. The van der Waals surface area contributed by atoms with E-state index in [0.29, 0.717) is 32.7 Å². The van der Waals surface area contributed by atoms with Crippen molar-refractivity contribution in [2.75, 3.05) is 33.6 Å². The number of benzene rings is 2. The summed E-state index contributed by atoms with van der Waals surface area (Å²) in [7, 11) is 1.63. The molecule has 0 aromatic heterocycles. The van der Waals surface area contributed by atoms with Gasteiger partial charge in [-0.3, -0.25) is 4.79 Å². The Kier molecular flexibility index (Phi) is 6.76. The Morgan fingerprint density at radius 1 is 1.04 bits per heavy atom. The van der Waals surface area contributed by atoms with Crippen LogP contribution in [0.25, 0.3) is 0 Å². The van der Waals surface area contributed by atoms with Crippen LogP contribution in [-0.2, 0) is 11.3 Å². The van der Waals surface area contributed by atoms with Crippen molar-refractivity contribution < 1.29 is 23.7 Å². The van der Waals surface area contributed by atoms with Crippen LogP contribution in [0.4, 0.5) is 0 Å². The van der Waals surface area contributed by atoms with E-state index in [1.54, 1.807) is 7.11 Å². The summed E-state index contributed by atoms with van der Waals surface area (Å²) in [4.78, 5) is 11.9. The highest BCUT2D eigenvalue weighted by molar-refractivity contribution is 5.76. The van der Waals surface area contributed by atoms with Crippen molar-refractivity contribution in [2.45, 2.75) is 13.0 Å². The van der Waals surface area contributed by atoms with Crippen molar-refractivity contribution in [1.29, 1.82) is 0 Å². The average Bonchev–Trinajstić information content (AvgIpc) is 3.17. The van der Waals surface area contributed by atoms with Crippen molar-refractivity contribution >= 4 is 5.91 Å². The van der Waals surface area contributed by atoms with Crippen LogP contribution in [0.2, 0.25) is 0 Å². The standard InChI is InChI=1S/C20H24N2O5/c1-24-16-3-5-17(6-4-16)25-11-10-21-9-8-20(23)22-13-15-2-7-18-19(12-15)27-14-26-18/h2-7,12,21H,8-11,13-14H2,1H3,(H,22,23). The number of nitrogens with one attached hydrogen (secondary N) is 2. The van der Waals surface area contributed by atoms with Gasteiger partial charge < -0.3 is 29.6 Å². The SMILES string of the molecule is COc1ccc(OCCNCCC(=O)NCc2ccc3c(c2)OCO3)cc1. The molecule has 0 bridgehead atoms. The van der Waals surface area contributed by atoms with Crippen molar-refractivity contribution in [3.05, 3.63) is 48.0 Å². The fourth-order valence-electron chi connectivity index (χ4n) is 2.58. The molecule has 0 saturated carbocycles. The number of hydrogen-bond donors (Lipinski definition) is 2. The second-order valence-corrected chi connectivity index (χ2v) is 5.99. The van der Waals surface area contributed by atoms with Gasteiger partial charge in [-0.15, -0.1) is 0 Å². The molecule has 0 atom stereocenters. The van der Waals surface area contributed by atoms with Crippen molar-refractivity contribution in [3.8, 4) is 23.0 Å². The monoisotopic (exact) mass is 372 g/mol. The number of hydrogen-bond acceptors (Lipinski definition) is 6. The Morgan fingerprint density at radius 3 is 2.63 bits per heavy atom. The molecule has 2 aromatic carbocycles. The lowest BCUT2D eigenvalue weighted by Gasteiger charge is -2.09. The highest BCUT2D eigenvalue weighted by atomic mass is 16.7. The summed E-state index contributed by atoms with van der Waals surface area (Å²) >= 11 is 0. The zero-order valence-corrected chi connectivity index (χ0v) is 15.3. The topological polar surface area (TPSA) is 78.1 Å². The van der Waals surface area contributed by atoms with Gasteiger partial charge in [0, 0.05) is 26.1 Å². The van der Waals surface area contributed by atoms with E-state index in [-0.39, 0.29) is 12.7 Å². The Bertz CT molecular complexity index is 749. The van der Waals surface area contributed by atoms with Gasteiger partial charge in [0.05, 0.1) is 7.11 Å². The first-order chi connectivity index (χ1) is 13.2. The maximum absolute atomic E-state index is 11.9. The van der Waals surface area contributed by atoms with E-state index >= 15 is 0 Å². The minimum Gasteiger partial charge on any atom is -0.497 e. The molecule has 7 heteroatoms. The van der Waals surface area contributed by atoms with E-state index < -0.39 is 0 Å². The highest BCUT2D eigenvalue weighted by Crippen LogP contribution is 2.32. The van der Waals surface area contributed by atoms with Crippen LogP contribution in [0, 0.1) is 0 Å². The summed E-state index contributed by atoms with van der Waals surface area (Å²) in [6.45, 7) is 2.51. The summed E-state index contributed by atoms with van der Waals surface area (Å²) in [6, 6.07) is 13.1. The summed E-state index contributed by atoms with van der Waals surface area (Å²) in [6.07, 6.45) is 0.410. The van der Waals surface area contributed by atoms with Gasteiger partial charge in [-0.1, -0.05) is 6.07 Å². The molecule has 3 rings (SSSR count). The van der Waals surface area contributed by atoms with Gasteiger partial charge in [0.1, 0.15) is 18.1 Å². The van der Waals surface area contributed by atoms with Crippen molar-refractivity contribution in [3.63, 3.8) is 0 Å². The van der Waals surface area contributed by atoms with Gasteiger partial charge in [-0.2, -0.15) is 0 Å². The highest BCUT2D eigenvalue weighted by Gasteiger charge is 2.13. The largest absolute Gasteiger partial charge is 0.497 e. The maximum atomic E-state index is 11.9. The van der Waals surface area contributed by atoms with Crippen LogP contribution < -0.4 is 29.6 Å². The fourth-order valence-corrected chi connectivity index (χ4v) is 2.58. The Labute approximate surface area is 158 Å². The zero-order chi connectivity index (χ0) is 18.9. The van der Waals surface area contributed by atoms with Gasteiger partial charge in [0.2, 0.25) is 12.7 Å². The molecule has 2 N–H and O–H groups in total. The molecule has 0 aliphatic carbocycles. The van der Waals surface area contributed by atoms with Crippen LogP contribution in [-0.4, -0.2) is 39.5 Å². The van der Waals surface area contributed by atoms with E-state index in [2.05, 4.69) is 10.6 Å². The molecule has 27 heavy (non-hydrogen) atoms. The Morgan fingerprint density at radius 2 is 1.81 bits per heavy atom. The third-order valence-corrected chi connectivity index (χ3v) is 4.06. The van der Waals surface area contributed by atoms with E-state index in [0.717, 1.165) is 28.6 Å². The molecule has 0 spiro atoms. The Hall–Kier alpha value is -2.93. The third-order valence-electron chi connectivity index (χ3n) is 4.06. The average molecular weight is 372 g/mol. The number of carbonyl (C=O) groups excluding carboxylic acids is 1. The minimum atomic E-state index is -0.00348. The third kappa shape index (κ3) is 5.79. The first kappa shape index (κ1) is 18.8. The molecular weight excluding hydrogens is 348 g/mol. The number of carbonyl (C=O) groups is 1. The summed E-state index contributed by atoms with van der Waals surface area (Å²) in [5.41, 5.74) is 0.980. The van der Waals surface area contributed by atoms with Crippen LogP contribution in [0.5, 0.6) is 23.0 Å². The molecule has 1 aliphatic heterocycles. The van der Waals surface area contributed by atoms with Crippen LogP contribution in [0.3, 0.4) is 0 Å². The number of amides is 1. The molecule has 0 radical (unpaired) electrons. The second-order valence-electron chi connectivity index (χ2n) is 5.99. The molecule has 0 unspecified atom stereocenters. The summed E-state index contributed by atoms with van der Waals surface area (Å²) in [5.74, 6) is 3.05. The molecule has 1 aliphatic rings. The maximum Gasteiger partial charge on any atom is 0.231 e. The predicted molar refractivity (Wildman–Crippen MR) is 100 cm³/mol. The number of fused-ring (bicyclic) bond motifs is 1. The summed E-state index contributed by atoms with van der Waals surface area (Å²) in [5, 5.41) is 6.09. The molecular formula is C20H24N2O5. The molecule has 7 nitrogen and oxygen atoms in total. The van der Waals surface area contributed by atoms with E-state index in [9.17, 15) is 4.79 Å². The lowest BCUT2D eigenvalue weighted by atomic mass is 10.2. The van der Waals surface area contributed by atoms with E-state index in [4.69, 9.17) is 18.9 Å². The van der Waals surface area contributed by atoms with Gasteiger partial charge in [-0.25, -0.2) is 0 Å². The normalized spacial score (nSPS) is 11.9. The second kappa shape index (κ2) is 9.68. The fraction of sp³-hybridized carbons (Fsp3) is 0.350. The Balaban J connectivity index is 1.25. The van der Waals surface area contributed by atoms with Crippen LogP contribution in [0.15, 0.2) is 42.5 Å². The van der Waals surface area contributed by atoms with Gasteiger partial charge in [0.15, 0.2) is 11.5 Å². The van der Waals surface area contributed by atoms with E-state index in [1.807, 2.05) is 42.5 Å². The lowest BCUT2D eigenvalue weighted by Crippen LogP contribution is -2.29. The molecule has 0 saturated heterocycles. The molecule has 1 heterocycles. The first-order valence-electron chi connectivity index (χ1n) is 8.87.